The van der Waals surface area contributed by atoms with Crippen LogP contribution in [0.15, 0.2) is 30.5 Å². The molecule has 0 saturated carbocycles. The van der Waals surface area contributed by atoms with Crippen molar-refractivity contribution < 1.29 is 14.3 Å². The van der Waals surface area contributed by atoms with Crippen LogP contribution in [0.25, 0.3) is 0 Å². The monoisotopic (exact) mass is 289 g/mol. The molecule has 2 N–H and O–H groups in total. The molecule has 1 aromatic heterocycles. The highest BCUT2D eigenvalue weighted by atomic mass is 16.5. The van der Waals surface area contributed by atoms with Crippen LogP contribution in [0.4, 0.5) is 5.82 Å². The summed E-state index contributed by atoms with van der Waals surface area (Å²) < 4.78 is 10.7. The SMILES string of the molecule is CCc1cn[nH]c1NC(=O)C(C)Oc1ccc(OC)cc1. The lowest BCUT2D eigenvalue weighted by Gasteiger charge is -2.14. The van der Waals surface area contributed by atoms with Crippen molar-refractivity contribution in [1.82, 2.24) is 10.2 Å². The zero-order valence-electron chi connectivity index (χ0n) is 12.3. The van der Waals surface area contributed by atoms with E-state index in [0.29, 0.717) is 11.6 Å². The Labute approximate surface area is 123 Å². The quantitative estimate of drug-likeness (QED) is 0.856. The molecule has 6 heteroatoms. The minimum absolute atomic E-state index is 0.232. The molecule has 0 aliphatic rings. The topological polar surface area (TPSA) is 76.2 Å². The highest BCUT2D eigenvalue weighted by Crippen LogP contribution is 2.19. The number of nitrogens with one attached hydrogen (secondary N) is 2. The van der Waals surface area contributed by atoms with E-state index in [0.717, 1.165) is 17.7 Å². The minimum atomic E-state index is -0.619. The Balaban J connectivity index is 1.95. The number of carbonyl (C=O) groups is 1. The van der Waals surface area contributed by atoms with Gasteiger partial charge in [-0.2, -0.15) is 5.10 Å². The second-order valence-electron chi connectivity index (χ2n) is 4.55. The average Bonchev–Trinajstić information content (AvgIpc) is 2.95. The number of rotatable bonds is 6. The predicted octanol–water partition coefficient (Wildman–Crippen LogP) is 2.39. The van der Waals surface area contributed by atoms with Crippen LogP contribution in [0.2, 0.25) is 0 Å². The van der Waals surface area contributed by atoms with Crippen LogP contribution in [0.3, 0.4) is 0 Å². The summed E-state index contributed by atoms with van der Waals surface area (Å²) in [6.07, 6.45) is 1.87. The first-order chi connectivity index (χ1) is 10.1. The predicted molar refractivity (Wildman–Crippen MR) is 79.7 cm³/mol. The van der Waals surface area contributed by atoms with Crippen LogP contribution >= 0.6 is 0 Å². The summed E-state index contributed by atoms with van der Waals surface area (Å²) in [5.74, 6) is 1.74. The molecule has 1 heterocycles. The highest BCUT2D eigenvalue weighted by Gasteiger charge is 2.16. The van der Waals surface area contributed by atoms with Gasteiger partial charge in [0.25, 0.3) is 5.91 Å². The first-order valence-electron chi connectivity index (χ1n) is 6.77. The van der Waals surface area contributed by atoms with Gasteiger partial charge in [-0.3, -0.25) is 9.89 Å². The minimum Gasteiger partial charge on any atom is -0.497 e. The van der Waals surface area contributed by atoms with Crippen molar-refractivity contribution in [1.29, 1.82) is 0 Å². The van der Waals surface area contributed by atoms with E-state index in [1.807, 2.05) is 6.92 Å². The number of aryl methyl sites for hydroxylation is 1. The molecule has 1 atom stereocenters. The van der Waals surface area contributed by atoms with Crippen molar-refractivity contribution in [3.05, 3.63) is 36.0 Å². The van der Waals surface area contributed by atoms with Gasteiger partial charge in [-0.05, 0) is 37.6 Å². The van der Waals surface area contributed by atoms with Gasteiger partial charge >= 0.3 is 0 Å². The van der Waals surface area contributed by atoms with Gasteiger partial charge in [-0.15, -0.1) is 0 Å². The van der Waals surface area contributed by atoms with Gasteiger partial charge in [-0.25, -0.2) is 0 Å². The molecule has 2 aromatic rings. The van der Waals surface area contributed by atoms with E-state index in [-0.39, 0.29) is 5.91 Å². The maximum Gasteiger partial charge on any atom is 0.266 e. The van der Waals surface area contributed by atoms with Crippen LogP contribution in [0, 0.1) is 0 Å². The van der Waals surface area contributed by atoms with Gasteiger partial charge in [0.2, 0.25) is 0 Å². The maximum absolute atomic E-state index is 12.1. The van der Waals surface area contributed by atoms with Crippen molar-refractivity contribution in [3.63, 3.8) is 0 Å². The number of benzene rings is 1. The van der Waals surface area contributed by atoms with Gasteiger partial charge in [-0.1, -0.05) is 6.92 Å². The van der Waals surface area contributed by atoms with Crippen LogP contribution in [0.5, 0.6) is 11.5 Å². The van der Waals surface area contributed by atoms with Gasteiger partial charge < -0.3 is 14.8 Å². The summed E-state index contributed by atoms with van der Waals surface area (Å²) in [4.78, 5) is 12.1. The van der Waals surface area contributed by atoms with E-state index in [2.05, 4.69) is 15.5 Å². The normalized spacial score (nSPS) is 11.8. The molecule has 0 saturated heterocycles. The van der Waals surface area contributed by atoms with Crippen molar-refractivity contribution in [2.75, 3.05) is 12.4 Å². The summed E-state index contributed by atoms with van der Waals surface area (Å²) in [6.45, 7) is 3.69. The molecule has 1 amide bonds. The summed E-state index contributed by atoms with van der Waals surface area (Å²) in [5.41, 5.74) is 0.958. The molecule has 0 aliphatic carbocycles. The van der Waals surface area contributed by atoms with E-state index >= 15 is 0 Å². The third-order valence-corrected chi connectivity index (χ3v) is 3.09. The van der Waals surface area contributed by atoms with E-state index < -0.39 is 6.10 Å². The van der Waals surface area contributed by atoms with E-state index in [4.69, 9.17) is 9.47 Å². The molecular weight excluding hydrogens is 270 g/mol. The molecule has 1 unspecified atom stereocenters. The first kappa shape index (κ1) is 14.9. The van der Waals surface area contributed by atoms with Crippen LogP contribution in [-0.2, 0) is 11.2 Å². The fraction of sp³-hybridized carbons (Fsp3) is 0.333. The largest absolute Gasteiger partial charge is 0.497 e. The van der Waals surface area contributed by atoms with Gasteiger partial charge in [0.1, 0.15) is 17.3 Å². The number of aromatic nitrogens is 2. The Morgan fingerprint density at radius 2 is 2.00 bits per heavy atom. The number of anilines is 1. The molecule has 0 radical (unpaired) electrons. The van der Waals surface area contributed by atoms with Crippen molar-refractivity contribution >= 4 is 11.7 Å². The molecular formula is C15H19N3O3. The second kappa shape index (κ2) is 6.78. The van der Waals surface area contributed by atoms with Crippen molar-refractivity contribution in [2.24, 2.45) is 0 Å². The molecule has 112 valence electrons. The zero-order chi connectivity index (χ0) is 15.2. The standard InChI is InChI=1S/C15H19N3O3/c1-4-11-9-16-18-14(11)17-15(19)10(2)21-13-7-5-12(20-3)6-8-13/h5-10H,4H2,1-3H3,(H2,16,17,18,19). The van der Waals surface area contributed by atoms with Crippen LogP contribution in [-0.4, -0.2) is 29.3 Å². The van der Waals surface area contributed by atoms with Gasteiger partial charge in [0.05, 0.1) is 13.3 Å². The van der Waals surface area contributed by atoms with Crippen LogP contribution in [0.1, 0.15) is 19.4 Å². The second-order valence-corrected chi connectivity index (χ2v) is 4.55. The summed E-state index contributed by atoms with van der Waals surface area (Å²) in [6, 6.07) is 7.08. The Kier molecular flexibility index (Phi) is 4.81. The number of carbonyl (C=O) groups excluding carboxylic acids is 1. The molecule has 0 bridgehead atoms. The Morgan fingerprint density at radius 3 is 2.62 bits per heavy atom. The lowest BCUT2D eigenvalue weighted by atomic mass is 10.2. The number of aromatic amines is 1. The fourth-order valence-electron chi connectivity index (χ4n) is 1.82. The third kappa shape index (κ3) is 3.75. The van der Waals surface area contributed by atoms with Crippen molar-refractivity contribution in [2.45, 2.75) is 26.4 Å². The molecule has 6 nitrogen and oxygen atoms in total. The number of amides is 1. The van der Waals surface area contributed by atoms with E-state index in [1.165, 1.54) is 0 Å². The van der Waals surface area contributed by atoms with E-state index in [9.17, 15) is 4.79 Å². The number of hydrogen-bond donors (Lipinski definition) is 2. The molecule has 1 aromatic carbocycles. The van der Waals surface area contributed by atoms with Crippen LogP contribution < -0.4 is 14.8 Å². The first-order valence-corrected chi connectivity index (χ1v) is 6.77. The number of H-pyrrole nitrogens is 1. The molecule has 0 spiro atoms. The number of ether oxygens (including phenoxy) is 2. The number of hydrogen-bond acceptors (Lipinski definition) is 4. The molecule has 0 fully saturated rings. The summed E-state index contributed by atoms with van der Waals surface area (Å²) in [7, 11) is 1.60. The molecule has 21 heavy (non-hydrogen) atoms. The Hall–Kier alpha value is -2.50. The average molecular weight is 289 g/mol. The summed E-state index contributed by atoms with van der Waals surface area (Å²) in [5, 5.41) is 9.46. The smallest absolute Gasteiger partial charge is 0.266 e. The Bertz CT molecular complexity index is 592. The van der Waals surface area contributed by atoms with E-state index in [1.54, 1.807) is 44.5 Å². The molecule has 0 aliphatic heterocycles. The number of methoxy groups -OCH3 is 1. The summed E-state index contributed by atoms with van der Waals surface area (Å²) >= 11 is 0. The maximum atomic E-state index is 12.1. The van der Waals surface area contributed by atoms with Gasteiger partial charge in [0, 0.05) is 5.56 Å². The van der Waals surface area contributed by atoms with Crippen molar-refractivity contribution in [3.8, 4) is 11.5 Å². The zero-order valence-corrected chi connectivity index (χ0v) is 12.3. The Morgan fingerprint density at radius 1 is 1.33 bits per heavy atom. The highest BCUT2D eigenvalue weighted by molar-refractivity contribution is 5.93. The lowest BCUT2D eigenvalue weighted by Crippen LogP contribution is -2.30. The van der Waals surface area contributed by atoms with Gasteiger partial charge in [0.15, 0.2) is 6.10 Å². The fourth-order valence-corrected chi connectivity index (χ4v) is 1.82. The molecule has 2 rings (SSSR count). The number of nitrogens with zero attached hydrogens (tertiary/aromatic N) is 1. The lowest BCUT2D eigenvalue weighted by molar-refractivity contribution is -0.122. The third-order valence-electron chi connectivity index (χ3n) is 3.09.